The molecule has 3 rings (SSSR count). The summed E-state index contributed by atoms with van der Waals surface area (Å²) in [6, 6.07) is 19.1. The first kappa shape index (κ1) is 21.5. The minimum Gasteiger partial charge on any atom is -0.468 e. The van der Waals surface area contributed by atoms with Crippen molar-refractivity contribution in [3.05, 3.63) is 89.9 Å². The molecule has 7 nitrogen and oxygen atoms in total. The summed E-state index contributed by atoms with van der Waals surface area (Å²) in [6.07, 6.45) is 3.91. The van der Waals surface area contributed by atoms with Crippen LogP contribution in [0.2, 0.25) is 0 Å². The number of carbonyl (C=O) groups is 1. The fourth-order valence-electron chi connectivity index (χ4n) is 2.76. The molecule has 1 N–H and O–H groups in total. The Labute approximate surface area is 176 Å². The third-order valence-corrected chi connectivity index (χ3v) is 6.21. The smallest absolute Gasteiger partial charge is 0.255 e. The highest BCUT2D eigenvalue weighted by Crippen LogP contribution is 2.18. The van der Waals surface area contributed by atoms with Crippen LogP contribution in [-0.2, 0) is 27.8 Å². The fraction of sp³-hybridized carbons (Fsp3) is 0.182. The molecule has 0 aliphatic carbocycles. The fourth-order valence-corrected chi connectivity index (χ4v) is 4.14. The number of sulfonamides is 1. The van der Waals surface area contributed by atoms with Crippen molar-refractivity contribution in [2.75, 3.05) is 6.54 Å². The van der Waals surface area contributed by atoms with E-state index >= 15 is 0 Å². The van der Waals surface area contributed by atoms with Crippen molar-refractivity contribution in [1.82, 2.24) is 9.73 Å². The van der Waals surface area contributed by atoms with E-state index in [4.69, 9.17) is 4.42 Å². The van der Waals surface area contributed by atoms with Crippen molar-refractivity contribution < 1.29 is 17.6 Å². The number of aryl methyl sites for hydroxylation is 1. The summed E-state index contributed by atoms with van der Waals surface area (Å²) < 4.78 is 32.4. The van der Waals surface area contributed by atoms with Crippen LogP contribution in [0.5, 0.6) is 0 Å². The minimum absolute atomic E-state index is 0.0696. The van der Waals surface area contributed by atoms with Gasteiger partial charge in [0.25, 0.3) is 5.91 Å². The van der Waals surface area contributed by atoms with Gasteiger partial charge in [-0.25, -0.2) is 13.8 Å². The third-order valence-electron chi connectivity index (χ3n) is 4.40. The van der Waals surface area contributed by atoms with Gasteiger partial charge in [0.05, 0.1) is 30.5 Å². The molecule has 0 fully saturated rings. The maximum absolute atomic E-state index is 13.0. The molecule has 30 heavy (non-hydrogen) atoms. The van der Waals surface area contributed by atoms with Crippen molar-refractivity contribution in [1.29, 1.82) is 0 Å². The van der Waals surface area contributed by atoms with Gasteiger partial charge >= 0.3 is 0 Å². The number of furan rings is 1. The highest BCUT2D eigenvalue weighted by Gasteiger charge is 2.27. The van der Waals surface area contributed by atoms with Gasteiger partial charge in [-0.1, -0.05) is 49.4 Å². The summed E-state index contributed by atoms with van der Waals surface area (Å²) >= 11 is 0. The van der Waals surface area contributed by atoms with Gasteiger partial charge in [-0.05, 0) is 41.8 Å². The van der Waals surface area contributed by atoms with E-state index in [1.165, 1.54) is 30.2 Å². The average molecular weight is 426 g/mol. The summed E-state index contributed by atoms with van der Waals surface area (Å²) in [7, 11) is -3.90. The number of hydrazone groups is 1. The van der Waals surface area contributed by atoms with Gasteiger partial charge in [0.2, 0.25) is 10.0 Å². The second-order valence-electron chi connectivity index (χ2n) is 6.55. The van der Waals surface area contributed by atoms with Crippen molar-refractivity contribution in [2.45, 2.75) is 24.8 Å². The Hall–Kier alpha value is -3.23. The van der Waals surface area contributed by atoms with Gasteiger partial charge in [-0.3, -0.25) is 4.79 Å². The van der Waals surface area contributed by atoms with Crippen LogP contribution in [0.3, 0.4) is 0 Å². The summed E-state index contributed by atoms with van der Waals surface area (Å²) in [5, 5.41) is 3.93. The molecule has 0 spiro atoms. The zero-order valence-corrected chi connectivity index (χ0v) is 17.4. The van der Waals surface area contributed by atoms with Crippen LogP contribution < -0.4 is 5.43 Å². The Kier molecular flexibility index (Phi) is 7.16. The molecule has 0 saturated heterocycles. The first-order valence-electron chi connectivity index (χ1n) is 9.47. The molecule has 0 saturated carbocycles. The molecule has 0 aliphatic heterocycles. The molecular formula is C22H23N3O4S. The van der Waals surface area contributed by atoms with Crippen molar-refractivity contribution in [2.24, 2.45) is 5.10 Å². The molecule has 0 aliphatic rings. The Morgan fingerprint density at radius 2 is 1.80 bits per heavy atom. The highest BCUT2D eigenvalue weighted by molar-refractivity contribution is 7.89. The molecule has 8 heteroatoms. The second-order valence-corrected chi connectivity index (χ2v) is 8.49. The lowest BCUT2D eigenvalue weighted by molar-refractivity contribution is -0.121. The Morgan fingerprint density at radius 1 is 1.07 bits per heavy atom. The van der Waals surface area contributed by atoms with Gasteiger partial charge in [0, 0.05) is 0 Å². The normalized spacial score (nSPS) is 11.8. The Morgan fingerprint density at radius 3 is 2.43 bits per heavy atom. The summed E-state index contributed by atoms with van der Waals surface area (Å²) in [5.74, 6) is -0.121. The zero-order valence-electron chi connectivity index (χ0n) is 16.6. The number of rotatable bonds is 9. The molecule has 0 radical (unpaired) electrons. The summed E-state index contributed by atoms with van der Waals surface area (Å²) in [4.78, 5) is 12.5. The third kappa shape index (κ3) is 5.65. The quantitative estimate of drug-likeness (QED) is 0.421. The van der Waals surface area contributed by atoms with E-state index in [0.29, 0.717) is 5.76 Å². The predicted octanol–water partition coefficient (Wildman–Crippen LogP) is 3.18. The van der Waals surface area contributed by atoms with Crippen LogP contribution >= 0.6 is 0 Å². The van der Waals surface area contributed by atoms with Crippen LogP contribution in [0.25, 0.3) is 0 Å². The van der Waals surface area contributed by atoms with Gasteiger partial charge < -0.3 is 4.42 Å². The van der Waals surface area contributed by atoms with Crippen LogP contribution in [0, 0.1) is 0 Å². The van der Waals surface area contributed by atoms with E-state index in [1.54, 1.807) is 30.3 Å². The van der Waals surface area contributed by atoms with Crippen LogP contribution in [0.4, 0.5) is 0 Å². The lowest BCUT2D eigenvalue weighted by Crippen LogP contribution is -2.38. The Balaban J connectivity index is 1.70. The summed E-state index contributed by atoms with van der Waals surface area (Å²) in [5.41, 5.74) is 4.42. The average Bonchev–Trinajstić information content (AvgIpc) is 3.27. The molecule has 1 amide bonds. The SMILES string of the molecule is CCc1ccc(/C=N\NC(=O)CN(Cc2ccco2)S(=O)(=O)c2ccccc2)cc1. The van der Waals surface area contributed by atoms with E-state index < -0.39 is 22.5 Å². The molecule has 0 unspecified atom stereocenters. The lowest BCUT2D eigenvalue weighted by atomic mass is 10.1. The highest BCUT2D eigenvalue weighted by atomic mass is 32.2. The lowest BCUT2D eigenvalue weighted by Gasteiger charge is -2.20. The predicted molar refractivity (Wildman–Crippen MR) is 114 cm³/mol. The second kappa shape index (κ2) is 10.00. The zero-order chi connectivity index (χ0) is 21.4. The standard InChI is InChI=1S/C22H23N3O4S/c1-2-18-10-12-19(13-11-18)15-23-24-22(26)17-25(16-20-7-6-14-29-20)30(27,28)21-8-4-3-5-9-21/h3-15H,2,16-17H2,1H3,(H,24,26)/b23-15-. The molecule has 0 atom stereocenters. The largest absolute Gasteiger partial charge is 0.468 e. The molecule has 1 aromatic heterocycles. The maximum atomic E-state index is 13.0. The number of amides is 1. The number of nitrogens with one attached hydrogen (secondary N) is 1. The first-order chi connectivity index (χ1) is 14.5. The molecule has 1 heterocycles. The van der Waals surface area contributed by atoms with Crippen molar-refractivity contribution in [3.63, 3.8) is 0 Å². The minimum atomic E-state index is -3.90. The maximum Gasteiger partial charge on any atom is 0.255 e. The monoisotopic (exact) mass is 425 g/mol. The molecular weight excluding hydrogens is 402 g/mol. The van der Waals surface area contributed by atoms with Gasteiger partial charge in [-0.2, -0.15) is 9.41 Å². The molecule has 0 bridgehead atoms. The van der Waals surface area contributed by atoms with E-state index in [-0.39, 0.29) is 11.4 Å². The first-order valence-corrected chi connectivity index (χ1v) is 10.9. The topological polar surface area (TPSA) is 92.0 Å². The number of hydrogen-bond donors (Lipinski definition) is 1. The summed E-state index contributed by atoms with van der Waals surface area (Å²) in [6.45, 7) is 1.60. The van der Waals surface area contributed by atoms with Crippen LogP contribution in [0.1, 0.15) is 23.8 Å². The molecule has 156 valence electrons. The van der Waals surface area contributed by atoms with Gasteiger partial charge in [0.1, 0.15) is 5.76 Å². The van der Waals surface area contributed by atoms with Crippen LogP contribution in [-0.4, -0.2) is 31.4 Å². The number of hydrogen-bond acceptors (Lipinski definition) is 5. The van der Waals surface area contributed by atoms with Crippen molar-refractivity contribution in [3.8, 4) is 0 Å². The molecule has 2 aromatic carbocycles. The number of carbonyl (C=O) groups excluding carboxylic acids is 1. The van der Waals surface area contributed by atoms with Crippen molar-refractivity contribution >= 4 is 22.1 Å². The Bertz CT molecular complexity index is 1080. The van der Waals surface area contributed by atoms with Crippen LogP contribution in [0.15, 0.2) is 87.4 Å². The molecule has 3 aromatic rings. The van der Waals surface area contributed by atoms with E-state index in [1.807, 2.05) is 24.3 Å². The van der Waals surface area contributed by atoms with Gasteiger partial charge in [0.15, 0.2) is 0 Å². The van der Waals surface area contributed by atoms with E-state index in [9.17, 15) is 13.2 Å². The van der Waals surface area contributed by atoms with E-state index in [2.05, 4.69) is 17.5 Å². The number of nitrogens with zero attached hydrogens (tertiary/aromatic N) is 2. The van der Waals surface area contributed by atoms with Gasteiger partial charge in [-0.15, -0.1) is 0 Å². The number of benzene rings is 2. The van der Waals surface area contributed by atoms with E-state index in [0.717, 1.165) is 16.3 Å².